The molecule has 0 saturated heterocycles. The van der Waals surface area contributed by atoms with Gasteiger partial charge in [-0.2, -0.15) is 0 Å². The fraction of sp³-hybridized carbons (Fsp3) is 0. The number of hydrogen-bond acceptors (Lipinski definition) is 5. The Bertz CT molecular complexity index is 759. The van der Waals surface area contributed by atoms with Crippen molar-refractivity contribution in [1.82, 2.24) is 10.3 Å². The van der Waals surface area contributed by atoms with Crippen LogP contribution in [0.15, 0.2) is 39.4 Å². The summed E-state index contributed by atoms with van der Waals surface area (Å²) in [5.41, 5.74) is 8.88. The number of nitrogen functional groups attached to an aromatic ring is 1. The van der Waals surface area contributed by atoms with Gasteiger partial charge in [-0.3, -0.25) is 0 Å². The van der Waals surface area contributed by atoms with E-state index in [1.165, 1.54) is 0 Å². The Morgan fingerprint density at radius 3 is 2.74 bits per heavy atom. The maximum atomic E-state index is 6.14. The van der Waals surface area contributed by atoms with Crippen LogP contribution in [0, 0.1) is 0 Å². The van der Waals surface area contributed by atoms with Gasteiger partial charge in [0.2, 0.25) is 0 Å². The molecule has 96 valence electrons. The lowest BCUT2D eigenvalue weighted by Crippen LogP contribution is -1.94. The van der Waals surface area contributed by atoms with Gasteiger partial charge in [0.25, 0.3) is 0 Å². The molecule has 19 heavy (non-hydrogen) atoms. The number of hydrogen-bond donors (Lipinski definition) is 2. The summed E-state index contributed by atoms with van der Waals surface area (Å²) in [4.78, 5) is 0. The summed E-state index contributed by atoms with van der Waals surface area (Å²) in [6.45, 7) is 0. The smallest absolute Gasteiger partial charge is 0.160 e. The second-order valence-corrected chi connectivity index (χ2v) is 5.24. The van der Waals surface area contributed by atoms with Crippen molar-refractivity contribution < 1.29 is 4.63 Å². The van der Waals surface area contributed by atoms with Gasteiger partial charge < -0.3 is 11.1 Å². The molecule has 0 aliphatic rings. The highest BCUT2D eigenvalue weighted by Gasteiger charge is 2.11. The first kappa shape index (κ1) is 12.3. The first-order chi connectivity index (χ1) is 9.15. The molecular formula is C12H8BrClN4O. The van der Waals surface area contributed by atoms with Crippen molar-refractivity contribution in [2.24, 2.45) is 0 Å². The van der Waals surface area contributed by atoms with E-state index in [1.807, 2.05) is 12.1 Å². The molecule has 0 radical (unpaired) electrons. The SMILES string of the molecule is Nc1ccc(Nc2cc(Br)ccc2Cl)c2nonc12. The highest BCUT2D eigenvalue weighted by molar-refractivity contribution is 9.10. The largest absolute Gasteiger partial charge is 0.397 e. The molecule has 3 N–H and O–H groups in total. The standard InChI is InChI=1S/C12H8BrClN4O/c13-6-1-2-7(14)10(5-6)16-9-4-3-8(15)11-12(9)18-19-17-11/h1-5,16H,15H2. The van der Waals surface area contributed by atoms with Crippen LogP contribution >= 0.6 is 27.5 Å². The van der Waals surface area contributed by atoms with Gasteiger partial charge in [0, 0.05) is 4.47 Å². The molecule has 0 aliphatic heterocycles. The van der Waals surface area contributed by atoms with Crippen molar-refractivity contribution in [2.75, 3.05) is 11.1 Å². The minimum Gasteiger partial charge on any atom is -0.397 e. The summed E-state index contributed by atoms with van der Waals surface area (Å²) >= 11 is 9.53. The molecule has 7 heteroatoms. The van der Waals surface area contributed by atoms with Gasteiger partial charge in [-0.1, -0.05) is 27.5 Å². The molecule has 3 rings (SSSR count). The van der Waals surface area contributed by atoms with Gasteiger partial charge in [0.05, 0.1) is 22.1 Å². The van der Waals surface area contributed by atoms with Crippen LogP contribution in [0.5, 0.6) is 0 Å². The topological polar surface area (TPSA) is 77.0 Å². The molecular weight excluding hydrogens is 332 g/mol. The van der Waals surface area contributed by atoms with Crippen LogP contribution in [0.1, 0.15) is 0 Å². The number of fused-ring (bicyclic) bond motifs is 1. The van der Waals surface area contributed by atoms with Crippen LogP contribution in [0.25, 0.3) is 11.0 Å². The Morgan fingerprint density at radius 1 is 1.11 bits per heavy atom. The predicted molar refractivity (Wildman–Crippen MR) is 78.7 cm³/mol. The second kappa shape index (κ2) is 4.71. The molecule has 0 aliphatic carbocycles. The van der Waals surface area contributed by atoms with E-state index in [0.29, 0.717) is 21.7 Å². The van der Waals surface area contributed by atoms with Crippen molar-refractivity contribution in [3.05, 3.63) is 39.8 Å². The Kier molecular flexibility index (Phi) is 3.04. The molecule has 0 unspecified atom stereocenters. The third-order valence-corrected chi connectivity index (χ3v) is 3.47. The Labute approximate surface area is 121 Å². The fourth-order valence-corrected chi connectivity index (χ4v) is 2.25. The zero-order chi connectivity index (χ0) is 13.4. The van der Waals surface area contributed by atoms with Crippen LogP contribution in [-0.4, -0.2) is 10.3 Å². The van der Waals surface area contributed by atoms with Crippen molar-refractivity contribution in [3.8, 4) is 0 Å². The molecule has 1 heterocycles. The number of halogens is 2. The quantitative estimate of drug-likeness (QED) is 0.691. The van der Waals surface area contributed by atoms with E-state index in [9.17, 15) is 0 Å². The summed E-state index contributed by atoms with van der Waals surface area (Å²) in [7, 11) is 0. The number of aromatic nitrogens is 2. The van der Waals surface area contributed by atoms with Crippen molar-refractivity contribution in [3.63, 3.8) is 0 Å². The maximum absolute atomic E-state index is 6.14. The lowest BCUT2D eigenvalue weighted by atomic mass is 10.2. The minimum absolute atomic E-state index is 0.516. The Morgan fingerprint density at radius 2 is 1.89 bits per heavy atom. The lowest BCUT2D eigenvalue weighted by Gasteiger charge is -2.09. The molecule has 5 nitrogen and oxygen atoms in total. The van der Waals surface area contributed by atoms with Crippen molar-refractivity contribution in [2.45, 2.75) is 0 Å². The first-order valence-electron chi connectivity index (χ1n) is 5.38. The van der Waals surface area contributed by atoms with E-state index in [2.05, 4.69) is 31.6 Å². The molecule has 0 amide bonds. The number of nitrogens with zero attached hydrogens (tertiary/aromatic N) is 2. The molecule has 0 fully saturated rings. The second-order valence-electron chi connectivity index (χ2n) is 3.91. The van der Waals surface area contributed by atoms with E-state index in [4.69, 9.17) is 22.0 Å². The van der Waals surface area contributed by atoms with Gasteiger partial charge in [-0.05, 0) is 40.6 Å². The predicted octanol–water partition coefficient (Wildman–Crippen LogP) is 3.96. The summed E-state index contributed by atoms with van der Waals surface area (Å²) in [5, 5.41) is 11.4. The summed E-state index contributed by atoms with van der Waals surface area (Å²) in [6, 6.07) is 9.07. The highest BCUT2D eigenvalue weighted by Crippen LogP contribution is 2.32. The van der Waals surface area contributed by atoms with Gasteiger partial charge in [0.15, 0.2) is 11.0 Å². The van der Waals surface area contributed by atoms with E-state index in [-0.39, 0.29) is 0 Å². The normalized spacial score (nSPS) is 10.8. The van der Waals surface area contributed by atoms with E-state index in [0.717, 1.165) is 15.8 Å². The number of anilines is 3. The van der Waals surface area contributed by atoms with Crippen LogP contribution in [0.2, 0.25) is 5.02 Å². The number of benzene rings is 2. The third kappa shape index (κ3) is 2.24. The lowest BCUT2D eigenvalue weighted by molar-refractivity contribution is 0.316. The van der Waals surface area contributed by atoms with Gasteiger partial charge in [-0.25, -0.2) is 4.63 Å². The fourth-order valence-electron chi connectivity index (χ4n) is 1.72. The van der Waals surface area contributed by atoms with Gasteiger partial charge >= 0.3 is 0 Å². The van der Waals surface area contributed by atoms with Crippen LogP contribution in [0.3, 0.4) is 0 Å². The summed E-state index contributed by atoms with van der Waals surface area (Å²) in [6.07, 6.45) is 0. The number of nitrogens with one attached hydrogen (secondary N) is 1. The minimum atomic E-state index is 0.516. The van der Waals surface area contributed by atoms with Gasteiger partial charge in [0.1, 0.15) is 0 Å². The van der Waals surface area contributed by atoms with Crippen molar-refractivity contribution >= 4 is 55.6 Å². The number of nitrogens with two attached hydrogens (primary N) is 1. The van der Waals surface area contributed by atoms with Crippen LogP contribution in [-0.2, 0) is 0 Å². The van der Waals surface area contributed by atoms with E-state index < -0.39 is 0 Å². The van der Waals surface area contributed by atoms with Crippen LogP contribution < -0.4 is 11.1 Å². The zero-order valence-corrected chi connectivity index (χ0v) is 11.9. The molecule has 0 bridgehead atoms. The average molecular weight is 340 g/mol. The van der Waals surface area contributed by atoms with Crippen LogP contribution in [0.4, 0.5) is 17.1 Å². The molecule has 0 atom stereocenters. The Hall–Kier alpha value is -1.79. The zero-order valence-electron chi connectivity index (χ0n) is 9.52. The van der Waals surface area contributed by atoms with Crippen molar-refractivity contribution in [1.29, 1.82) is 0 Å². The Balaban J connectivity index is 2.08. The third-order valence-electron chi connectivity index (χ3n) is 2.64. The first-order valence-corrected chi connectivity index (χ1v) is 6.55. The average Bonchev–Trinajstić information content (AvgIpc) is 2.87. The molecule has 2 aromatic carbocycles. The summed E-state index contributed by atoms with van der Waals surface area (Å²) in [5.74, 6) is 0. The van der Waals surface area contributed by atoms with Gasteiger partial charge in [-0.15, -0.1) is 0 Å². The number of rotatable bonds is 2. The molecule has 0 saturated carbocycles. The molecule has 3 aromatic rings. The molecule has 1 aromatic heterocycles. The highest BCUT2D eigenvalue weighted by atomic mass is 79.9. The van der Waals surface area contributed by atoms with E-state index in [1.54, 1.807) is 18.2 Å². The monoisotopic (exact) mass is 338 g/mol. The van der Waals surface area contributed by atoms with E-state index >= 15 is 0 Å². The molecule has 0 spiro atoms. The maximum Gasteiger partial charge on any atom is 0.160 e. The summed E-state index contributed by atoms with van der Waals surface area (Å²) < 4.78 is 5.64.